The van der Waals surface area contributed by atoms with Gasteiger partial charge in [0.15, 0.2) is 0 Å². The van der Waals surface area contributed by atoms with Crippen molar-refractivity contribution in [3.8, 4) is 0 Å². The Hall–Kier alpha value is -1.11. The molecule has 0 aliphatic heterocycles. The van der Waals surface area contributed by atoms with Crippen molar-refractivity contribution in [1.29, 1.82) is 0 Å². The topological polar surface area (TPSA) is 58.2 Å². The molecule has 4 nitrogen and oxygen atoms in total. The molecule has 0 spiro atoms. The summed E-state index contributed by atoms with van der Waals surface area (Å²) in [6, 6.07) is 5.74. The van der Waals surface area contributed by atoms with Gasteiger partial charge in [-0.3, -0.25) is 9.59 Å². The quantitative estimate of drug-likeness (QED) is 0.777. The number of rotatable bonds is 5. The summed E-state index contributed by atoms with van der Waals surface area (Å²) in [5, 5.41) is 5.55. The van der Waals surface area contributed by atoms with Gasteiger partial charge in [0.05, 0.1) is 5.56 Å². The third kappa shape index (κ3) is 5.18. The number of hydrogen-bond donors (Lipinski definition) is 2. The van der Waals surface area contributed by atoms with Gasteiger partial charge in [-0.25, -0.2) is 0 Å². The third-order valence-electron chi connectivity index (χ3n) is 2.52. The minimum absolute atomic E-state index is 0.0470. The zero-order valence-corrected chi connectivity index (χ0v) is 13.6. The van der Waals surface area contributed by atoms with Crippen molar-refractivity contribution in [2.24, 2.45) is 0 Å². The summed E-state index contributed by atoms with van der Waals surface area (Å²) in [7, 11) is 0. The van der Waals surface area contributed by atoms with Crippen molar-refractivity contribution in [2.75, 3.05) is 6.54 Å². The van der Waals surface area contributed by atoms with Gasteiger partial charge < -0.3 is 10.6 Å². The van der Waals surface area contributed by atoms with Crippen molar-refractivity contribution in [1.82, 2.24) is 10.6 Å². The lowest BCUT2D eigenvalue weighted by Crippen LogP contribution is -2.34. The maximum Gasteiger partial charge on any atom is 0.252 e. The van der Waals surface area contributed by atoms with Crippen LogP contribution in [0.1, 0.15) is 36.2 Å². The lowest BCUT2D eigenvalue weighted by molar-refractivity contribution is -0.121. The average molecular weight is 374 g/mol. The molecule has 0 aromatic heterocycles. The number of carbonyl (C=O) groups excluding carboxylic acids is 2. The Bertz CT molecular complexity index is 473. The summed E-state index contributed by atoms with van der Waals surface area (Å²) in [4.78, 5) is 23.4. The van der Waals surface area contributed by atoms with Gasteiger partial charge in [0, 0.05) is 22.6 Å². The molecule has 0 radical (unpaired) electrons. The minimum Gasteiger partial charge on any atom is -0.354 e. The number of hydrogen-bond acceptors (Lipinski definition) is 2. The van der Waals surface area contributed by atoms with Crippen LogP contribution in [0.25, 0.3) is 0 Å². The summed E-state index contributed by atoms with van der Waals surface area (Å²) in [6.45, 7) is 6.13. The monoisotopic (exact) mass is 374 g/mol. The Labute approximate surface area is 127 Å². The van der Waals surface area contributed by atoms with Crippen LogP contribution in [-0.2, 0) is 4.79 Å². The molecule has 0 fully saturated rings. The fourth-order valence-corrected chi connectivity index (χ4v) is 2.21. The van der Waals surface area contributed by atoms with Crippen LogP contribution in [0, 0.1) is 10.5 Å². The van der Waals surface area contributed by atoms with E-state index in [9.17, 15) is 9.59 Å². The van der Waals surface area contributed by atoms with E-state index in [4.69, 9.17) is 0 Å². The van der Waals surface area contributed by atoms with E-state index < -0.39 is 0 Å². The molecule has 5 heteroatoms. The fourth-order valence-electron chi connectivity index (χ4n) is 1.60. The predicted molar refractivity (Wildman–Crippen MR) is 84.1 cm³/mol. The molecule has 2 N–H and O–H groups in total. The molecule has 0 bridgehead atoms. The molecule has 0 heterocycles. The van der Waals surface area contributed by atoms with Crippen molar-refractivity contribution in [2.45, 2.75) is 33.2 Å². The van der Waals surface area contributed by atoms with E-state index in [0.717, 1.165) is 9.13 Å². The second-order valence-electron chi connectivity index (χ2n) is 4.66. The molecule has 19 heavy (non-hydrogen) atoms. The number of carbonyl (C=O) groups is 2. The van der Waals surface area contributed by atoms with E-state index >= 15 is 0 Å². The van der Waals surface area contributed by atoms with Crippen molar-refractivity contribution < 1.29 is 9.59 Å². The molecule has 0 saturated carbocycles. The molecule has 0 aliphatic carbocycles. The van der Waals surface area contributed by atoms with Crippen molar-refractivity contribution in [3.05, 3.63) is 32.9 Å². The van der Waals surface area contributed by atoms with Gasteiger partial charge >= 0.3 is 0 Å². The van der Waals surface area contributed by atoms with Crippen LogP contribution >= 0.6 is 22.6 Å². The van der Waals surface area contributed by atoms with E-state index in [1.165, 1.54) is 0 Å². The molecular formula is C14H19IN2O2. The van der Waals surface area contributed by atoms with Gasteiger partial charge in [-0.15, -0.1) is 0 Å². The van der Waals surface area contributed by atoms with E-state index in [1.807, 2.05) is 32.9 Å². The Morgan fingerprint density at radius 3 is 2.63 bits per heavy atom. The highest BCUT2D eigenvalue weighted by Gasteiger charge is 2.11. The highest BCUT2D eigenvalue weighted by molar-refractivity contribution is 14.1. The number of nitrogens with one attached hydrogen (secondary N) is 2. The Morgan fingerprint density at radius 2 is 2.00 bits per heavy atom. The molecule has 0 saturated heterocycles. The minimum atomic E-state index is -0.134. The molecule has 104 valence electrons. The second kappa shape index (κ2) is 7.47. The van der Waals surface area contributed by atoms with Gasteiger partial charge in [-0.2, -0.15) is 0 Å². The predicted octanol–water partition coefficient (Wildman–Crippen LogP) is 2.24. The first-order valence-corrected chi connectivity index (χ1v) is 7.32. The van der Waals surface area contributed by atoms with Gasteiger partial charge in [0.2, 0.25) is 5.91 Å². The van der Waals surface area contributed by atoms with E-state index in [1.54, 1.807) is 6.07 Å². The lowest BCUT2D eigenvalue weighted by atomic mass is 10.1. The van der Waals surface area contributed by atoms with Crippen LogP contribution in [-0.4, -0.2) is 24.4 Å². The molecular weight excluding hydrogens is 355 g/mol. The number of amides is 2. The first-order chi connectivity index (χ1) is 8.91. The van der Waals surface area contributed by atoms with Gasteiger partial charge in [-0.1, -0.05) is 12.1 Å². The van der Waals surface area contributed by atoms with Crippen LogP contribution in [0.4, 0.5) is 0 Å². The van der Waals surface area contributed by atoms with Gasteiger partial charge in [0.25, 0.3) is 5.91 Å². The van der Waals surface area contributed by atoms with Gasteiger partial charge in [0.1, 0.15) is 0 Å². The SMILES string of the molecule is Cc1cccc(C(=O)NCCC(=O)NC(C)C)c1I. The first-order valence-electron chi connectivity index (χ1n) is 6.24. The maximum absolute atomic E-state index is 12.0. The van der Waals surface area contributed by atoms with Crippen LogP contribution in [0.5, 0.6) is 0 Å². The number of halogens is 1. The first kappa shape index (κ1) is 15.9. The Kier molecular flexibility index (Phi) is 6.27. The fraction of sp³-hybridized carbons (Fsp3) is 0.429. The van der Waals surface area contributed by atoms with Crippen molar-refractivity contribution in [3.63, 3.8) is 0 Å². The average Bonchev–Trinajstić information content (AvgIpc) is 2.31. The lowest BCUT2D eigenvalue weighted by Gasteiger charge is -2.10. The molecule has 2 amide bonds. The molecule has 0 unspecified atom stereocenters. The summed E-state index contributed by atoms with van der Waals surface area (Å²) in [5.74, 6) is -0.181. The summed E-state index contributed by atoms with van der Waals surface area (Å²) in [6.07, 6.45) is 0.298. The number of benzene rings is 1. The van der Waals surface area contributed by atoms with Gasteiger partial charge in [-0.05, 0) is 55.0 Å². The normalized spacial score (nSPS) is 10.4. The van der Waals surface area contributed by atoms with E-state index in [-0.39, 0.29) is 17.9 Å². The van der Waals surface area contributed by atoms with Crippen LogP contribution in [0.2, 0.25) is 0 Å². The standard InChI is InChI=1S/C14H19IN2O2/c1-9(2)17-12(18)7-8-16-14(19)11-6-4-5-10(3)13(11)15/h4-6,9H,7-8H2,1-3H3,(H,16,19)(H,17,18). The van der Waals surface area contributed by atoms with Crippen molar-refractivity contribution >= 4 is 34.4 Å². The molecule has 0 aliphatic rings. The Morgan fingerprint density at radius 1 is 1.32 bits per heavy atom. The summed E-state index contributed by atoms with van der Waals surface area (Å²) < 4.78 is 0.948. The van der Waals surface area contributed by atoms with Crippen LogP contribution in [0.15, 0.2) is 18.2 Å². The molecule has 0 atom stereocenters. The molecule has 1 rings (SSSR count). The zero-order valence-electron chi connectivity index (χ0n) is 11.4. The zero-order chi connectivity index (χ0) is 14.4. The summed E-state index contributed by atoms with van der Waals surface area (Å²) >= 11 is 2.16. The third-order valence-corrected chi connectivity index (χ3v) is 3.96. The van der Waals surface area contributed by atoms with Crippen LogP contribution < -0.4 is 10.6 Å². The smallest absolute Gasteiger partial charge is 0.252 e. The van der Waals surface area contributed by atoms with Crippen LogP contribution in [0.3, 0.4) is 0 Å². The van der Waals surface area contributed by atoms with E-state index in [0.29, 0.717) is 18.5 Å². The molecule has 1 aromatic rings. The van der Waals surface area contributed by atoms with E-state index in [2.05, 4.69) is 33.2 Å². The second-order valence-corrected chi connectivity index (χ2v) is 5.74. The maximum atomic E-state index is 12.0. The highest BCUT2D eigenvalue weighted by Crippen LogP contribution is 2.16. The number of aryl methyl sites for hydroxylation is 1. The Balaban J connectivity index is 2.48. The molecule has 1 aromatic carbocycles. The highest BCUT2D eigenvalue weighted by atomic mass is 127. The largest absolute Gasteiger partial charge is 0.354 e. The summed E-state index contributed by atoms with van der Waals surface area (Å²) in [5.41, 5.74) is 1.73.